The Bertz CT molecular complexity index is 740. The highest BCUT2D eigenvalue weighted by molar-refractivity contribution is 5.70. The second kappa shape index (κ2) is 6.26. The van der Waals surface area contributed by atoms with E-state index in [0.29, 0.717) is 30.5 Å². The summed E-state index contributed by atoms with van der Waals surface area (Å²) in [5.74, 6) is 0.773. The minimum atomic E-state index is -0.761. The molecule has 3 heterocycles. The molecule has 0 bridgehead atoms. The SMILES string of the molecule is CC(C)CNc1nc2c(ncn2[C@H]2CC(O)[C@@H](CO)O2)c(=O)[nH]1. The van der Waals surface area contributed by atoms with Gasteiger partial charge < -0.3 is 20.3 Å². The average Bonchev–Trinajstić information content (AvgIpc) is 3.08. The van der Waals surface area contributed by atoms with Crippen molar-refractivity contribution in [3.05, 3.63) is 16.7 Å². The molecule has 9 nitrogen and oxygen atoms in total. The number of anilines is 1. The summed E-state index contributed by atoms with van der Waals surface area (Å²) in [7, 11) is 0. The van der Waals surface area contributed by atoms with Gasteiger partial charge in [0.25, 0.3) is 5.56 Å². The Hall–Kier alpha value is -1.97. The third-order valence-electron chi connectivity index (χ3n) is 3.80. The first kappa shape index (κ1) is 15.9. The Morgan fingerprint density at radius 3 is 3.00 bits per heavy atom. The number of hydrogen-bond acceptors (Lipinski definition) is 7. The molecule has 126 valence electrons. The zero-order chi connectivity index (χ0) is 16.6. The van der Waals surface area contributed by atoms with Gasteiger partial charge in [-0.1, -0.05) is 13.8 Å². The molecule has 0 aliphatic carbocycles. The number of imidazole rings is 1. The van der Waals surface area contributed by atoms with E-state index in [2.05, 4.69) is 34.1 Å². The molecule has 3 rings (SSSR count). The monoisotopic (exact) mass is 323 g/mol. The second-order valence-corrected chi connectivity index (χ2v) is 6.13. The van der Waals surface area contributed by atoms with Gasteiger partial charge in [0, 0.05) is 13.0 Å². The van der Waals surface area contributed by atoms with E-state index < -0.39 is 18.4 Å². The van der Waals surface area contributed by atoms with E-state index >= 15 is 0 Å². The topological polar surface area (TPSA) is 125 Å². The van der Waals surface area contributed by atoms with Crippen LogP contribution in [0.15, 0.2) is 11.1 Å². The molecule has 9 heteroatoms. The molecule has 4 N–H and O–H groups in total. The smallest absolute Gasteiger partial charge is 0.280 e. The molecule has 1 unspecified atom stereocenters. The highest BCUT2D eigenvalue weighted by Gasteiger charge is 2.35. The molecule has 0 saturated carbocycles. The lowest BCUT2D eigenvalue weighted by molar-refractivity contribution is -0.0432. The van der Waals surface area contributed by atoms with Crippen molar-refractivity contribution >= 4 is 17.1 Å². The van der Waals surface area contributed by atoms with Crippen molar-refractivity contribution in [1.29, 1.82) is 0 Å². The molecule has 3 atom stereocenters. The van der Waals surface area contributed by atoms with Crippen molar-refractivity contribution in [2.75, 3.05) is 18.5 Å². The van der Waals surface area contributed by atoms with Gasteiger partial charge in [0.05, 0.1) is 19.0 Å². The van der Waals surface area contributed by atoms with Crippen molar-refractivity contribution in [3.63, 3.8) is 0 Å². The molecule has 2 aromatic rings. The third kappa shape index (κ3) is 3.07. The van der Waals surface area contributed by atoms with Crippen LogP contribution in [-0.2, 0) is 4.74 Å². The fourth-order valence-electron chi connectivity index (χ4n) is 2.57. The number of aliphatic hydroxyl groups excluding tert-OH is 2. The van der Waals surface area contributed by atoms with E-state index in [0.717, 1.165) is 0 Å². The lowest BCUT2D eigenvalue weighted by atomic mass is 10.2. The van der Waals surface area contributed by atoms with Crippen LogP contribution in [-0.4, -0.2) is 55.1 Å². The molecule has 2 aromatic heterocycles. The van der Waals surface area contributed by atoms with Crippen LogP contribution in [0.3, 0.4) is 0 Å². The van der Waals surface area contributed by atoms with Gasteiger partial charge in [0.15, 0.2) is 11.2 Å². The molecule has 23 heavy (non-hydrogen) atoms. The van der Waals surface area contributed by atoms with Gasteiger partial charge in [-0.15, -0.1) is 0 Å². The number of aliphatic hydroxyl groups is 2. The van der Waals surface area contributed by atoms with Crippen LogP contribution in [0, 0.1) is 5.92 Å². The zero-order valence-electron chi connectivity index (χ0n) is 13.1. The first-order chi connectivity index (χ1) is 11.0. The predicted molar refractivity (Wildman–Crippen MR) is 83.1 cm³/mol. The van der Waals surface area contributed by atoms with Crippen molar-refractivity contribution in [2.24, 2.45) is 5.92 Å². The van der Waals surface area contributed by atoms with Gasteiger partial charge in [0.2, 0.25) is 5.95 Å². The summed E-state index contributed by atoms with van der Waals surface area (Å²) in [5.41, 5.74) is 0.263. The molecule has 1 saturated heterocycles. The number of aromatic amines is 1. The lowest BCUT2D eigenvalue weighted by Crippen LogP contribution is -2.24. The van der Waals surface area contributed by atoms with Crippen molar-refractivity contribution in [1.82, 2.24) is 19.5 Å². The highest BCUT2D eigenvalue weighted by Crippen LogP contribution is 2.30. The molecule has 1 aliphatic rings. The van der Waals surface area contributed by atoms with E-state index in [1.807, 2.05) is 0 Å². The maximum atomic E-state index is 12.1. The second-order valence-electron chi connectivity index (χ2n) is 6.13. The number of nitrogens with one attached hydrogen (secondary N) is 2. The number of fused-ring (bicyclic) bond motifs is 1. The zero-order valence-corrected chi connectivity index (χ0v) is 13.1. The number of H-pyrrole nitrogens is 1. The number of ether oxygens (including phenoxy) is 1. The van der Waals surface area contributed by atoms with Crippen molar-refractivity contribution in [3.8, 4) is 0 Å². The number of aromatic nitrogens is 4. The summed E-state index contributed by atoms with van der Waals surface area (Å²) < 4.78 is 7.22. The summed E-state index contributed by atoms with van der Waals surface area (Å²) in [6.45, 7) is 4.51. The van der Waals surface area contributed by atoms with Crippen LogP contribution in [0.1, 0.15) is 26.5 Å². The normalized spacial score (nSPS) is 24.7. The van der Waals surface area contributed by atoms with Crippen LogP contribution in [0.4, 0.5) is 5.95 Å². The van der Waals surface area contributed by atoms with Crippen molar-refractivity contribution in [2.45, 2.75) is 38.7 Å². The lowest BCUT2D eigenvalue weighted by Gasteiger charge is -2.14. The maximum absolute atomic E-state index is 12.1. The molecular weight excluding hydrogens is 302 g/mol. The summed E-state index contributed by atoms with van der Waals surface area (Å²) in [6.07, 6.45) is -0.142. The molecule has 1 fully saturated rings. The summed E-state index contributed by atoms with van der Waals surface area (Å²) in [6, 6.07) is 0. The molecule has 0 radical (unpaired) electrons. The first-order valence-electron chi connectivity index (χ1n) is 7.64. The minimum absolute atomic E-state index is 0.214. The van der Waals surface area contributed by atoms with Gasteiger partial charge in [-0.05, 0) is 5.92 Å². The third-order valence-corrected chi connectivity index (χ3v) is 3.80. The quantitative estimate of drug-likeness (QED) is 0.602. The van der Waals surface area contributed by atoms with Crippen LogP contribution >= 0.6 is 0 Å². The maximum Gasteiger partial charge on any atom is 0.280 e. The van der Waals surface area contributed by atoms with Gasteiger partial charge >= 0.3 is 0 Å². The molecular formula is C14H21N5O4. The van der Waals surface area contributed by atoms with Crippen LogP contribution in [0.2, 0.25) is 0 Å². The molecule has 0 aromatic carbocycles. The predicted octanol–water partition coefficient (Wildman–Crippen LogP) is -0.172. The average molecular weight is 323 g/mol. The van der Waals surface area contributed by atoms with E-state index in [4.69, 9.17) is 4.74 Å². The Morgan fingerprint density at radius 2 is 2.35 bits per heavy atom. The van der Waals surface area contributed by atoms with Gasteiger partial charge in [0.1, 0.15) is 12.3 Å². The fourth-order valence-corrected chi connectivity index (χ4v) is 2.57. The van der Waals surface area contributed by atoms with Crippen molar-refractivity contribution < 1.29 is 14.9 Å². The Balaban J connectivity index is 1.94. The van der Waals surface area contributed by atoms with Gasteiger partial charge in [-0.2, -0.15) is 4.98 Å². The van der Waals surface area contributed by atoms with E-state index in [1.165, 1.54) is 6.33 Å². The first-order valence-corrected chi connectivity index (χ1v) is 7.64. The van der Waals surface area contributed by atoms with E-state index in [9.17, 15) is 15.0 Å². The molecule has 0 amide bonds. The Labute approximate surface area is 132 Å². The highest BCUT2D eigenvalue weighted by atomic mass is 16.5. The Kier molecular flexibility index (Phi) is 4.33. The van der Waals surface area contributed by atoms with E-state index in [-0.39, 0.29) is 17.7 Å². The van der Waals surface area contributed by atoms with Crippen LogP contribution < -0.4 is 10.9 Å². The fraction of sp³-hybridized carbons (Fsp3) is 0.643. The number of rotatable bonds is 5. The minimum Gasteiger partial charge on any atom is -0.394 e. The number of nitrogens with zero attached hydrogens (tertiary/aromatic N) is 3. The van der Waals surface area contributed by atoms with Crippen LogP contribution in [0.25, 0.3) is 11.2 Å². The summed E-state index contributed by atoms with van der Waals surface area (Å²) in [4.78, 5) is 23.2. The standard InChI is InChI=1S/C14H21N5O4/c1-7(2)4-15-14-17-12-11(13(22)18-14)16-6-19(12)10-3-8(21)9(5-20)23-10/h6-10,20-21H,3-5H2,1-2H3,(H2,15,17,18,22)/t8?,9-,10-/m1/s1. The van der Waals surface area contributed by atoms with Crippen LogP contribution in [0.5, 0.6) is 0 Å². The Morgan fingerprint density at radius 1 is 1.57 bits per heavy atom. The van der Waals surface area contributed by atoms with Gasteiger partial charge in [-0.3, -0.25) is 14.3 Å². The number of hydrogen-bond donors (Lipinski definition) is 4. The molecule has 1 aliphatic heterocycles. The largest absolute Gasteiger partial charge is 0.394 e. The van der Waals surface area contributed by atoms with E-state index in [1.54, 1.807) is 4.57 Å². The summed E-state index contributed by atoms with van der Waals surface area (Å²) in [5, 5.41) is 22.1. The van der Waals surface area contributed by atoms with Gasteiger partial charge in [-0.25, -0.2) is 4.98 Å². The summed E-state index contributed by atoms with van der Waals surface area (Å²) >= 11 is 0. The molecule has 0 spiro atoms.